The zero-order valence-corrected chi connectivity index (χ0v) is 16.9. The van der Waals surface area contributed by atoms with Gasteiger partial charge in [-0.1, -0.05) is 12.1 Å². The molecular weight excluding hydrogens is 387 g/mol. The number of hydrogen-bond donors (Lipinski definition) is 2. The van der Waals surface area contributed by atoms with Gasteiger partial charge in [0.1, 0.15) is 18.5 Å². The van der Waals surface area contributed by atoms with Crippen LogP contribution in [0.5, 0.6) is 11.5 Å². The Morgan fingerprint density at radius 3 is 2.90 bits per heavy atom. The normalized spacial score (nSPS) is 19.4. The third kappa shape index (κ3) is 4.99. The van der Waals surface area contributed by atoms with Crippen molar-refractivity contribution in [3.05, 3.63) is 47.9 Å². The maximum Gasteiger partial charge on any atom is 0.224 e. The van der Waals surface area contributed by atoms with Gasteiger partial charge in [0.2, 0.25) is 5.91 Å². The molecule has 3 N–H and O–H groups in total. The van der Waals surface area contributed by atoms with Crippen LogP contribution in [0, 0.1) is 11.7 Å². The number of fused-ring (bicyclic) bond motifs is 1. The average molecular weight is 414 g/mol. The quantitative estimate of drug-likeness (QED) is 0.752. The Labute approximate surface area is 175 Å². The van der Waals surface area contributed by atoms with E-state index in [-0.39, 0.29) is 30.0 Å². The number of carbonyl (C=O) groups excluding carboxylic acids is 1. The van der Waals surface area contributed by atoms with E-state index in [1.165, 1.54) is 6.07 Å². The molecule has 1 aromatic carbocycles. The summed E-state index contributed by atoms with van der Waals surface area (Å²) < 4.78 is 25.4. The second-order valence-electron chi connectivity index (χ2n) is 7.89. The Balaban J connectivity index is 1.18. The van der Waals surface area contributed by atoms with Crippen molar-refractivity contribution in [2.24, 2.45) is 5.92 Å². The number of hydrogen-bond acceptors (Lipinski definition) is 6. The highest BCUT2D eigenvalue weighted by Gasteiger charge is 2.28. The lowest BCUT2D eigenvalue weighted by Crippen LogP contribution is -2.45. The van der Waals surface area contributed by atoms with Gasteiger partial charge in [-0.05, 0) is 50.0 Å². The van der Waals surface area contributed by atoms with E-state index in [4.69, 9.17) is 15.2 Å². The van der Waals surface area contributed by atoms with E-state index < -0.39 is 0 Å². The van der Waals surface area contributed by atoms with Gasteiger partial charge in [0, 0.05) is 24.8 Å². The van der Waals surface area contributed by atoms with E-state index in [0.29, 0.717) is 37.2 Å². The lowest BCUT2D eigenvalue weighted by molar-refractivity contribution is -0.120. The lowest BCUT2D eigenvalue weighted by Gasteiger charge is -2.35. The largest absolute Gasteiger partial charge is 0.486 e. The van der Waals surface area contributed by atoms with Gasteiger partial charge in [-0.3, -0.25) is 9.69 Å². The Morgan fingerprint density at radius 1 is 1.27 bits per heavy atom. The fraction of sp³-hybridized carbons (Fsp3) is 0.455. The molecule has 1 amide bonds. The SMILES string of the molecule is Nc1ncccc1CC(=O)NCC1CCN(CC2COc3cccc(F)c3O2)CC1. The van der Waals surface area contributed by atoms with Crippen LogP contribution in [0.2, 0.25) is 0 Å². The molecule has 2 aliphatic rings. The topological polar surface area (TPSA) is 89.7 Å². The minimum absolute atomic E-state index is 0.0365. The highest BCUT2D eigenvalue weighted by atomic mass is 19.1. The number of benzene rings is 1. The number of para-hydroxylation sites is 1. The van der Waals surface area contributed by atoms with Gasteiger partial charge < -0.3 is 20.5 Å². The molecular formula is C22H27FN4O3. The molecule has 1 saturated heterocycles. The molecule has 0 saturated carbocycles. The van der Waals surface area contributed by atoms with Crippen LogP contribution in [0.4, 0.5) is 10.2 Å². The molecule has 4 rings (SSSR count). The number of carbonyl (C=O) groups is 1. The second-order valence-corrected chi connectivity index (χ2v) is 7.89. The van der Waals surface area contributed by atoms with Gasteiger partial charge in [0.25, 0.3) is 0 Å². The number of nitrogens with two attached hydrogens (primary N) is 1. The van der Waals surface area contributed by atoms with Crippen LogP contribution < -0.4 is 20.5 Å². The molecule has 1 aromatic heterocycles. The standard InChI is InChI=1S/C22H27FN4O3/c23-18-4-1-5-19-21(18)30-17(14-29-19)13-27-9-6-15(7-10-27)12-26-20(28)11-16-3-2-8-25-22(16)24/h1-5,8,15,17H,6-7,9-14H2,(H2,24,25)(H,26,28). The number of ether oxygens (including phenoxy) is 2. The Morgan fingerprint density at radius 2 is 2.10 bits per heavy atom. The number of halogens is 1. The Bertz CT molecular complexity index is 886. The molecule has 1 fully saturated rings. The van der Waals surface area contributed by atoms with Gasteiger partial charge in [-0.25, -0.2) is 9.37 Å². The molecule has 8 heteroatoms. The third-order valence-corrected chi connectivity index (χ3v) is 5.67. The maximum absolute atomic E-state index is 13.9. The molecule has 0 radical (unpaired) electrons. The number of piperidine rings is 1. The molecule has 30 heavy (non-hydrogen) atoms. The van der Waals surface area contributed by atoms with Crippen LogP contribution in [0.1, 0.15) is 18.4 Å². The van der Waals surface area contributed by atoms with E-state index in [2.05, 4.69) is 15.2 Å². The molecule has 7 nitrogen and oxygen atoms in total. The summed E-state index contributed by atoms with van der Waals surface area (Å²) >= 11 is 0. The monoisotopic (exact) mass is 414 g/mol. The number of aromatic nitrogens is 1. The number of nitrogens with one attached hydrogen (secondary N) is 1. The fourth-order valence-electron chi connectivity index (χ4n) is 3.95. The molecule has 160 valence electrons. The Kier molecular flexibility index (Phi) is 6.32. The minimum Gasteiger partial charge on any atom is -0.486 e. The van der Waals surface area contributed by atoms with Gasteiger partial charge in [-0.15, -0.1) is 0 Å². The number of nitrogens with zero attached hydrogens (tertiary/aromatic N) is 2. The molecule has 3 heterocycles. The summed E-state index contributed by atoms with van der Waals surface area (Å²) in [4.78, 5) is 18.5. The van der Waals surface area contributed by atoms with Crippen molar-refractivity contribution in [1.29, 1.82) is 0 Å². The minimum atomic E-state index is -0.389. The number of likely N-dealkylation sites (tertiary alicyclic amines) is 1. The van der Waals surface area contributed by atoms with Gasteiger partial charge in [0.15, 0.2) is 17.3 Å². The van der Waals surface area contributed by atoms with Crippen LogP contribution >= 0.6 is 0 Å². The van der Waals surface area contributed by atoms with E-state index in [1.54, 1.807) is 24.4 Å². The molecule has 1 atom stereocenters. The molecule has 2 aromatic rings. The summed E-state index contributed by atoms with van der Waals surface area (Å²) in [5.74, 6) is 1.09. The summed E-state index contributed by atoms with van der Waals surface area (Å²) in [5.41, 5.74) is 6.55. The van der Waals surface area contributed by atoms with Crippen molar-refractivity contribution in [2.45, 2.75) is 25.4 Å². The van der Waals surface area contributed by atoms with Gasteiger partial charge >= 0.3 is 0 Å². The summed E-state index contributed by atoms with van der Waals surface area (Å²) in [6.07, 6.45) is 3.66. The first-order chi connectivity index (χ1) is 14.6. The molecule has 1 unspecified atom stereocenters. The summed E-state index contributed by atoms with van der Waals surface area (Å²) in [5, 5.41) is 3.01. The predicted molar refractivity (Wildman–Crippen MR) is 111 cm³/mol. The molecule has 0 bridgehead atoms. The number of nitrogen functional groups attached to an aromatic ring is 1. The van der Waals surface area contributed by atoms with Crippen LogP contribution in [0.15, 0.2) is 36.5 Å². The van der Waals surface area contributed by atoms with E-state index >= 15 is 0 Å². The number of amides is 1. The van der Waals surface area contributed by atoms with Gasteiger partial charge in [0.05, 0.1) is 6.42 Å². The van der Waals surface area contributed by atoms with Crippen molar-refractivity contribution < 1.29 is 18.7 Å². The van der Waals surface area contributed by atoms with Crippen LogP contribution in [0.3, 0.4) is 0 Å². The van der Waals surface area contributed by atoms with Crippen molar-refractivity contribution in [3.8, 4) is 11.5 Å². The lowest BCUT2D eigenvalue weighted by atomic mass is 9.96. The fourth-order valence-corrected chi connectivity index (χ4v) is 3.95. The Hall–Kier alpha value is -2.87. The zero-order valence-electron chi connectivity index (χ0n) is 16.9. The molecule has 0 spiro atoms. The van der Waals surface area contributed by atoms with Crippen molar-refractivity contribution in [3.63, 3.8) is 0 Å². The van der Waals surface area contributed by atoms with Crippen LogP contribution in [-0.2, 0) is 11.2 Å². The van der Waals surface area contributed by atoms with E-state index in [9.17, 15) is 9.18 Å². The molecule has 2 aliphatic heterocycles. The zero-order chi connectivity index (χ0) is 20.9. The first-order valence-corrected chi connectivity index (χ1v) is 10.3. The smallest absolute Gasteiger partial charge is 0.224 e. The summed E-state index contributed by atoms with van der Waals surface area (Å²) in [6.45, 7) is 3.62. The predicted octanol–water partition coefficient (Wildman–Crippen LogP) is 2.01. The summed E-state index contributed by atoms with van der Waals surface area (Å²) in [7, 11) is 0. The van der Waals surface area contributed by atoms with E-state index in [0.717, 1.165) is 31.5 Å². The number of rotatable bonds is 6. The number of pyridine rings is 1. The first kappa shape index (κ1) is 20.4. The van der Waals surface area contributed by atoms with E-state index in [1.807, 2.05) is 6.07 Å². The highest BCUT2D eigenvalue weighted by molar-refractivity contribution is 5.79. The highest BCUT2D eigenvalue weighted by Crippen LogP contribution is 2.34. The first-order valence-electron chi connectivity index (χ1n) is 10.3. The van der Waals surface area contributed by atoms with Crippen LogP contribution in [-0.4, -0.2) is 54.7 Å². The average Bonchev–Trinajstić information content (AvgIpc) is 2.75. The third-order valence-electron chi connectivity index (χ3n) is 5.67. The summed E-state index contributed by atoms with van der Waals surface area (Å²) in [6, 6.07) is 8.32. The van der Waals surface area contributed by atoms with Crippen molar-refractivity contribution in [1.82, 2.24) is 15.2 Å². The number of anilines is 1. The second kappa shape index (κ2) is 9.30. The van der Waals surface area contributed by atoms with Gasteiger partial charge in [-0.2, -0.15) is 0 Å². The van der Waals surface area contributed by atoms with Crippen molar-refractivity contribution in [2.75, 3.05) is 38.5 Å². The van der Waals surface area contributed by atoms with Crippen molar-refractivity contribution >= 4 is 11.7 Å². The maximum atomic E-state index is 13.9. The molecule has 0 aliphatic carbocycles. The van der Waals surface area contributed by atoms with Crippen LogP contribution in [0.25, 0.3) is 0 Å².